The molecule has 0 bridgehead atoms. The largest absolute Gasteiger partial charge is 0.409 e. The fourth-order valence-electron chi connectivity index (χ4n) is 0.827. The average molecular weight is 213 g/mol. The van der Waals surface area contributed by atoms with E-state index < -0.39 is 12.6 Å². The molecule has 4 nitrogen and oxygen atoms in total. The first-order chi connectivity index (χ1) is 6.45. The minimum Gasteiger partial charge on any atom is -0.409 e. The number of hydrogen-bond acceptors (Lipinski definition) is 3. The SMILES string of the molecule is NC(CNCCCCC(F)(F)F)=NO. The average Bonchev–Trinajstić information content (AvgIpc) is 2.08. The van der Waals surface area contributed by atoms with Crippen molar-refractivity contribution in [3.8, 4) is 0 Å². The van der Waals surface area contributed by atoms with Crippen molar-refractivity contribution in [3.63, 3.8) is 0 Å². The van der Waals surface area contributed by atoms with Crippen LogP contribution in [-0.4, -0.2) is 30.3 Å². The van der Waals surface area contributed by atoms with E-state index in [1.54, 1.807) is 0 Å². The van der Waals surface area contributed by atoms with Gasteiger partial charge in [0.25, 0.3) is 0 Å². The van der Waals surface area contributed by atoms with E-state index in [2.05, 4.69) is 10.5 Å². The first kappa shape index (κ1) is 13.0. The molecule has 0 aliphatic heterocycles. The van der Waals surface area contributed by atoms with Gasteiger partial charge in [0.15, 0.2) is 5.84 Å². The summed E-state index contributed by atoms with van der Waals surface area (Å²) in [5.41, 5.74) is 5.11. The first-order valence-electron chi connectivity index (χ1n) is 4.19. The molecule has 0 spiro atoms. The molecule has 0 saturated heterocycles. The Morgan fingerprint density at radius 3 is 2.50 bits per heavy atom. The number of unbranched alkanes of at least 4 members (excludes halogenated alkanes) is 1. The number of alkyl halides is 3. The Hall–Kier alpha value is -0.980. The van der Waals surface area contributed by atoms with Gasteiger partial charge < -0.3 is 16.3 Å². The molecule has 14 heavy (non-hydrogen) atoms. The van der Waals surface area contributed by atoms with Crippen molar-refractivity contribution in [3.05, 3.63) is 0 Å². The van der Waals surface area contributed by atoms with Crippen molar-refractivity contribution in [2.24, 2.45) is 10.9 Å². The van der Waals surface area contributed by atoms with Crippen LogP contribution < -0.4 is 11.1 Å². The number of rotatable bonds is 6. The minimum atomic E-state index is -4.08. The molecule has 0 aromatic carbocycles. The predicted molar refractivity (Wildman–Crippen MR) is 46.2 cm³/mol. The molecule has 4 N–H and O–H groups in total. The van der Waals surface area contributed by atoms with Gasteiger partial charge in [-0.1, -0.05) is 5.16 Å². The van der Waals surface area contributed by atoms with Gasteiger partial charge in [-0.2, -0.15) is 13.2 Å². The van der Waals surface area contributed by atoms with Crippen molar-refractivity contribution < 1.29 is 18.4 Å². The summed E-state index contributed by atoms with van der Waals surface area (Å²) in [4.78, 5) is 0. The van der Waals surface area contributed by atoms with Crippen molar-refractivity contribution in [1.29, 1.82) is 0 Å². The first-order valence-corrected chi connectivity index (χ1v) is 4.19. The molecule has 0 atom stereocenters. The van der Waals surface area contributed by atoms with Gasteiger partial charge in [0.05, 0.1) is 6.54 Å². The van der Waals surface area contributed by atoms with E-state index in [4.69, 9.17) is 10.9 Å². The van der Waals surface area contributed by atoms with Gasteiger partial charge in [0, 0.05) is 6.42 Å². The Morgan fingerprint density at radius 2 is 2.00 bits per heavy atom. The Bertz CT molecular complexity index is 182. The summed E-state index contributed by atoms with van der Waals surface area (Å²) in [6.45, 7) is 0.606. The number of nitrogens with two attached hydrogens (primary N) is 1. The fourth-order valence-corrected chi connectivity index (χ4v) is 0.827. The number of hydrogen-bond donors (Lipinski definition) is 3. The maximum atomic E-state index is 11.7. The Balaban J connectivity index is 3.23. The molecule has 7 heteroatoms. The highest BCUT2D eigenvalue weighted by Crippen LogP contribution is 2.21. The van der Waals surface area contributed by atoms with Crippen LogP contribution in [0.5, 0.6) is 0 Å². The normalized spacial score (nSPS) is 13.2. The fraction of sp³-hybridized carbons (Fsp3) is 0.857. The van der Waals surface area contributed by atoms with E-state index in [-0.39, 0.29) is 18.8 Å². The monoisotopic (exact) mass is 213 g/mol. The minimum absolute atomic E-state index is 0.0146. The lowest BCUT2D eigenvalue weighted by Gasteiger charge is -2.06. The number of nitrogens with zero attached hydrogens (tertiary/aromatic N) is 1. The lowest BCUT2D eigenvalue weighted by atomic mass is 10.2. The van der Waals surface area contributed by atoms with E-state index in [0.717, 1.165) is 0 Å². The second kappa shape index (κ2) is 6.47. The lowest BCUT2D eigenvalue weighted by molar-refractivity contribution is -0.135. The number of amidine groups is 1. The highest BCUT2D eigenvalue weighted by molar-refractivity contribution is 5.81. The summed E-state index contributed by atoms with van der Waals surface area (Å²) in [5.74, 6) is 0.0146. The van der Waals surface area contributed by atoms with Gasteiger partial charge in [-0.3, -0.25) is 0 Å². The van der Waals surface area contributed by atoms with Crippen LogP contribution >= 0.6 is 0 Å². The van der Waals surface area contributed by atoms with Crippen LogP contribution in [0.25, 0.3) is 0 Å². The molecule has 0 fully saturated rings. The molecule has 0 saturated carbocycles. The topological polar surface area (TPSA) is 70.6 Å². The smallest absolute Gasteiger partial charge is 0.389 e. The molecule has 0 aliphatic rings. The van der Waals surface area contributed by atoms with Gasteiger partial charge in [0.1, 0.15) is 0 Å². The lowest BCUT2D eigenvalue weighted by Crippen LogP contribution is -2.29. The highest BCUT2D eigenvalue weighted by Gasteiger charge is 2.25. The molecule has 0 aliphatic carbocycles. The molecule has 0 unspecified atom stereocenters. The third kappa shape index (κ3) is 9.11. The van der Waals surface area contributed by atoms with E-state index in [0.29, 0.717) is 13.0 Å². The number of nitrogens with one attached hydrogen (secondary N) is 1. The molecule has 0 heterocycles. The third-order valence-electron chi connectivity index (χ3n) is 1.50. The zero-order chi connectivity index (χ0) is 11.0. The third-order valence-corrected chi connectivity index (χ3v) is 1.50. The zero-order valence-corrected chi connectivity index (χ0v) is 7.64. The summed E-state index contributed by atoms with van der Waals surface area (Å²) in [6, 6.07) is 0. The van der Waals surface area contributed by atoms with Crippen LogP contribution in [0.2, 0.25) is 0 Å². The summed E-state index contributed by atoms with van der Waals surface area (Å²) in [7, 11) is 0. The van der Waals surface area contributed by atoms with Crippen LogP contribution in [-0.2, 0) is 0 Å². The standard InChI is InChI=1S/C7H14F3N3O/c8-7(9,10)3-1-2-4-12-5-6(11)13-14/h12,14H,1-5H2,(H2,11,13). The van der Waals surface area contributed by atoms with Gasteiger partial charge in [-0.25, -0.2) is 0 Å². The second-order valence-corrected chi connectivity index (χ2v) is 2.84. The van der Waals surface area contributed by atoms with E-state index >= 15 is 0 Å². The zero-order valence-electron chi connectivity index (χ0n) is 7.64. The Kier molecular flexibility index (Phi) is 6.02. The van der Waals surface area contributed by atoms with E-state index in [9.17, 15) is 13.2 Å². The van der Waals surface area contributed by atoms with Crippen LogP contribution in [0.4, 0.5) is 13.2 Å². The van der Waals surface area contributed by atoms with Crippen LogP contribution in [0.3, 0.4) is 0 Å². The van der Waals surface area contributed by atoms with Crippen LogP contribution in [0.15, 0.2) is 5.16 Å². The van der Waals surface area contributed by atoms with Gasteiger partial charge >= 0.3 is 6.18 Å². The van der Waals surface area contributed by atoms with E-state index in [1.807, 2.05) is 0 Å². The molecule has 0 rings (SSSR count). The summed E-state index contributed by atoms with van der Waals surface area (Å²) in [5, 5.41) is 13.6. The van der Waals surface area contributed by atoms with E-state index in [1.165, 1.54) is 0 Å². The number of halogens is 3. The predicted octanol–water partition coefficient (Wildman–Crippen LogP) is 1.05. The van der Waals surface area contributed by atoms with Gasteiger partial charge in [-0.15, -0.1) is 0 Å². The molecule has 0 aromatic heterocycles. The maximum Gasteiger partial charge on any atom is 0.389 e. The molecule has 0 amide bonds. The van der Waals surface area contributed by atoms with Crippen molar-refractivity contribution in [2.75, 3.05) is 13.1 Å². The summed E-state index contributed by atoms with van der Waals surface area (Å²) < 4.78 is 35.0. The van der Waals surface area contributed by atoms with Crippen molar-refractivity contribution in [2.45, 2.75) is 25.4 Å². The van der Waals surface area contributed by atoms with Crippen LogP contribution in [0.1, 0.15) is 19.3 Å². The maximum absolute atomic E-state index is 11.7. The van der Waals surface area contributed by atoms with Gasteiger partial charge in [0.2, 0.25) is 0 Å². The molecular weight excluding hydrogens is 199 g/mol. The van der Waals surface area contributed by atoms with Gasteiger partial charge in [-0.05, 0) is 19.4 Å². The molecule has 0 aromatic rings. The summed E-state index contributed by atoms with van der Waals surface area (Å²) in [6.07, 6.45) is -4.34. The Morgan fingerprint density at radius 1 is 1.36 bits per heavy atom. The van der Waals surface area contributed by atoms with Crippen molar-refractivity contribution in [1.82, 2.24) is 5.32 Å². The van der Waals surface area contributed by atoms with Crippen molar-refractivity contribution >= 4 is 5.84 Å². The second-order valence-electron chi connectivity index (χ2n) is 2.84. The molecule has 0 radical (unpaired) electrons. The van der Waals surface area contributed by atoms with Crippen LogP contribution in [0, 0.1) is 0 Å². The quantitative estimate of drug-likeness (QED) is 0.203. The Labute approximate surface area is 80.0 Å². The summed E-state index contributed by atoms with van der Waals surface area (Å²) >= 11 is 0. The number of oxime groups is 1. The molecular formula is C7H14F3N3O. The highest BCUT2D eigenvalue weighted by atomic mass is 19.4. The molecule has 84 valence electrons.